The second-order valence-electron chi connectivity index (χ2n) is 4.38. The van der Waals surface area contributed by atoms with Crippen molar-refractivity contribution in [2.24, 2.45) is 0 Å². The third-order valence-electron chi connectivity index (χ3n) is 2.62. The van der Waals surface area contributed by atoms with Gasteiger partial charge in [0.25, 0.3) is 10.0 Å². The molecule has 0 radical (unpaired) electrons. The van der Waals surface area contributed by atoms with E-state index in [0.717, 1.165) is 30.3 Å². The van der Waals surface area contributed by atoms with Gasteiger partial charge in [-0.15, -0.1) is 0 Å². The molecule has 0 atom stereocenters. The fraction of sp³-hybridized carbons (Fsp3) is 0.667. The van der Waals surface area contributed by atoms with E-state index in [9.17, 15) is 8.42 Å². The quantitative estimate of drug-likeness (QED) is 0.688. The molecule has 0 saturated heterocycles. The predicted octanol–water partition coefficient (Wildman–Crippen LogP) is 1.05. The monoisotopic (exact) mass is 290 g/mol. The average molecular weight is 290 g/mol. The van der Waals surface area contributed by atoms with Gasteiger partial charge in [0, 0.05) is 27.8 Å². The molecule has 19 heavy (non-hydrogen) atoms. The van der Waals surface area contributed by atoms with Gasteiger partial charge in [-0.3, -0.25) is 0 Å². The molecule has 0 bridgehead atoms. The van der Waals surface area contributed by atoms with E-state index in [2.05, 4.69) is 5.32 Å². The second kappa shape index (κ2) is 7.64. The lowest BCUT2D eigenvalue weighted by Crippen LogP contribution is -2.21. The van der Waals surface area contributed by atoms with Crippen LogP contribution in [0.15, 0.2) is 21.6 Å². The highest BCUT2D eigenvalue weighted by molar-refractivity contribution is 7.88. The molecule has 1 aromatic rings. The normalized spacial score (nSPS) is 12.2. The number of furan rings is 1. The van der Waals surface area contributed by atoms with Crippen LogP contribution in [0.3, 0.4) is 0 Å². The van der Waals surface area contributed by atoms with E-state index in [0.29, 0.717) is 12.3 Å². The van der Waals surface area contributed by atoms with E-state index < -0.39 is 10.0 Å². The number of unbranched alkanes of at least 4 members (excludes halogenated alkanes) is 1. The molecule has 0 amide bonds. The smallest absolute Gasteiger partial charge is 0.275 e. The summed E-state index contributed by atoms with van der Waals surface area (Å²) in [5, 5.41) is 3.18. The largest absolute Gasteiger partial charge is 0.447 e. The number of methoxy groups -OCH3 is 1. The van der Waals surface area contributed by atoms with Crippen LogP contribution in [0.1, 0.15) is 18.6 Å². The lowest BCUT2D eigenvalue weighted by atomic mass is 10.3. The van der Waals surface area contributed by atoms with Gasteiger partial charge in [-0.05, 0) is 31.5 Å². The molecule has 0 unspecified atom stereocenters. The number of nitrogens with one attached hydrogen (secondary N) is 1. The zero-order valence-electron chi connectivity index (χ0n) is 11.7. The van der Waals surface area contributed by atoms with Crippen molar-refractivity contribution in [3.63, 3.8) is 0 Å². The number of ether oxygens (including phenoxy) is 1. The number of nitrogens with zero attached hydrogens (tertiary/aromatic N) is 1. The second-order valence-corrected chi connectivity index (χ2v) is 6.47. The third-order valence-corrected chi connectivity index (χ3v) is 4.31. The molecule has 0 aliphatic carbocycles. The lowest BCUT2D eigenvalue weighted by molar-refractivity contribution is 0.192. The van der Waals surface area contributed by atoms with Crippen LogP contribution in [0.2, 0.25) is 0 Å². The number of hydrogen-bond acceptors (Lipinski definition) is 5. The maximum Gasteiger partial charge on any atom is 0.275 e. The standard InChI is InChI=1S/C12H22N2O4S/c1-14(2)19(15,16)12-7-6-11(18-12)10-13-8-4-5-9-17-3/h6-7,13H,4-5,8-10H2,1-3H3. The highest BCUT2D eigenvalue weighted by Gasteiger charge is 2.21. The van der Waals surface area contributed by atoms with Crippen LogP contribution in [-0.4, -0.2) is 47.1 Å². The molecule has 1 heterocycles. The summed E-state index contributed by atoms with van der Waals surface area (Å²) in [7, 11) is 1.16. The van der Waals surface area contributed by atoms with Crippen LogP contribution in [-0.2, 0) is 21.3 Å². The first kappa shape index (κ1) is 16.2. The van der Waals surface area contributed by atoms with Crippen molar-refractivity contribution in [2.75, 3.05) is 34.4 Å². The van der Waals surface area contributed by atoms with Gasteiger partial charge in [0.2, 0.25) is 5.09 Å². The van der Waals surface area contributed by atoms with Crippen molar-refractivity contribution in [2.45, 2.75) is 24.5 Å². The van der Waals surface area contributed by atoms with Crippen LogP contribution in [0.25, 0.3) is 0 Å². The highest BCUT2D eigenvalue weighted by Crippen LogP contribution is 2.16. The van der Waals surface area contributed by atoms with E-state index in [4.69, 9.17) is 9.15 Å². The van der Waals surface area contributed by atoms with Gasteiger partial charge in [0.1, 0.15) is 5.76 Å². The van der Waals surface area contributed by atoms with Crippen molar-refractivity contribution in [1.82, 2.24) is 9.62 Å². The van der Waals surface area contributed by atoms with Crippen molar-refractivity contribution in [1.29, 1.82) is 0 Å². The van der Waals surface area contributed by atoms with Crippen LogP contribution in [0, 0.1) is 0 Å². The Kier molecular flexibility index (Phi) is 6.50. The Morgan fingerprint density at radius 1 is 1.32 bits per heavy atom. The van der Waals surface area contributed by atoms with Gasteiger partial charge in [0.15, 0.2) is 0 Å². The summed E-state index contributed by atoms with van der Waals surface area (Å²) in [6, 6.07) is 3.16. The molecular formula is C12H22N2O4S. The fourth-order valence-corrected chi connectivity index (χ4v) is 2.29. The van der Waals surface area contributed by atoms with Gasteiger partial charge < -0.3 is 14.5 Å². The minimum absolute atomic E-state index is 0.0197. The van der Waals surface area contributed by atoms with Crippen LogP contribution in [0.5, 0.6) is 0 Å². The Labute approximate surface area is 114 Å². The Morgan fingerprint density at radius 3 is 2.68 bits per heavy atom. The Balaban J connectivity index is 2.40. The van der Waals surface area contributed by atoms with Gasteiger partial charge in [-0.25, -0.2) is 12.7 Å². The van der Waals surface area contributed by atoms with E-state index in [-0.39, 0.29) is 5.09 Å². The highest BCUT2D eigenvalue weighted by atomic mass is 32.2. The average Bonchev–Trinajstić information content (AvgIpc) is 2.82. The van der Waals surface area contributed by atoms with Crippen molar-refractivity contribution < 1.29 is 17.6 Å². The Hall–Kier alpha value is -0.890. The molecular weight excluding hydrogens is 268 g/mol. The summed E-state index contributed by atoms with van der Waals surface area (Å²) in [5.41, 5.74) is 0. The van der Waals surface area contributed by atoms with Crippen LogP contribution >= 0.6 is 0 Å². The minimum Gasteiger partial charge on any atom is -0.447 e. The number of sulfonamides is 1. The Bertz CT molecular complexity index is 468. The van der Waals surface area contributed by atoms with Gasteiger partial charge in [-0.2, -0.15) is 0 Å². The first-order valence-corrected chi connectivity index (χ1v) is 7.63. The molecule has 0 aliphatic rings. The minimum atomic E-state index is -3.48. The molecule has 0 aliphatic heterocycles. The molecule has 0 saturated carbocycles. The first-order valence-electron chi connectivity index (χ1n) is 6.19. The number of rotatable bonds is 9. The maximum absolute atomic E-state index is 11.8. The zero-order chi connectivity index (χ0) is 14.3. The molecule has 6 nitrogen and oxygen atoms in total. The van der Waals surface area contributed by atoms with E-state index in [1.165, 1.54) is 20.2 Å². The molecule has 7 heteroatoms. The molecule has 0 aromatic carbocycles. The van der Waals surface area contributed by atoms with E-state index in [1.807, 2.05) is 0 Å². The lowest BCUT2D eigenvalue weighted by Gasteiger charge is -2.07. The summed E-state index contributed by atoms with van der Waals surface area (Å²) >= 11 is 0. The zero-order valence-corrected chi connectivity index (χ0v) is 12.5. The predicted molar refractivity (Wildman–Crippen MR) is 72.4 cm³/mol. The summed E-state index contributed by atoms with van der Waals surface area (Å²) in [6.45, 7) is 2.13. The SMILES string of the molecule is COCCCCNCc1ccc(S(=O)(=O)N(C)C)o1. The maximum atomic E-state index is 11.8. The van der Waals surface area contributed by atoms with Gasteiger partial charge in [-0.1, -0.05) is 0 Å². The van der Waals surface area contributed by atoms with Crippen molar-refractivity contribution in [3.8, 4) is 0 Å². The van der Waals surface area contributed by atoms with E-state index in [1.54, 1.807) is 13.2 Å². The van der Waals surface area contributed by atoms with Crippen LogP contribution < -0.4 is 5.32 Å². The summed E-state index contributed by atoms with van der Waals surface area (Å²) in [5.74, 6) is 0.618. The Morgan fingerprint density at radius 2 is 2.05 bits per heavy atom. The van der Waals surface area contributed by atoms with Gasteiger partial charge >= 0.3 is 0 Å². The van der Waals surface area contributed by atoms with Crippen molar-refractivity contribution in [3.05, 3.63) is 17.9 Å². The fourth-order valence-electron chi connectivity index (χ4n) is 1.48. The van der Waals surface area contributed by atoms with Crippen LogP contribution in [0.4, 0.5) is 0 Å². The molecule has 1 aromatic heterocycles. The van der Waals surface area contributed by atoms with Gasteiger partial charge in [0.05, 0.1) is 6.54 Å². The molecule has 0 spiro atoms. The summed E-state index contributed by atoms with van der Waals surface area (Å²) in [4.78, 5) is 0. The summed E-state index contributed by atoms with van der Waals surface area (Å²) in [6.07, 6.45) is 2.01. The van der Waals surface area contributed by atoms with E-state index >= 15 is 0 Å². The molecule has 1 N–H and O–H groups in total. The van der Waals surface area contributed by atoms with Crippen molar-refractivity contribution >= 4 is 10.0 Å². The summed E-state index contributed by atoms with van der Waals surface area (Å²) < 4.78 is 35.0. The third kappa shape index (κ3) is 4.94. The number of hydrogen-bond donors (Lipinski definition) is 1. The molecule has 0 fully saturated rings. The topological polar surface area (TPSA) is 71.8 Å². The molecule has 110 valence electrons. The molecule has 1 rings (SSSR count). The first-order chi connectivity index (χ1) is 8.98.